The second kappa shape index (κ2) is 10.9. The van der Waals surface area contributed by atoms with E-state index in [2.05, 4.69) is 10.5 Å². The molecule has 0 atom stereocenters. The molecule has 1 aromatic rings. The largest absolute Gasteiger partial charge is 0.370 e. The molecular formula is C18H26Cl2N2O7P2. The Hall–Kier alpha value is -0.760. The normalized spacial score (nSPS) is 16.1. The maximum Gasteiger partial charge on any atom is 0.370 e. The van der Waals surface area contributed by atoms with Crippen molar-refractivity contribution < 1.29 is 32.0 Å². The van der Waals surface area contributed by atoms with Gasteiger partial charge in [-0.15, -0.1) is 0 Å². The van der Waals surface area contributed by atoms with Gasteiger partial charge in [0, 0.05) is 12.0 Å². The van der Waals surface area contributed by atoms with Gasteiger partial charge in [-0.05, 0) is 45.9 Å². The molecule has 0 aliphatic carbocycles. The van der Waals surface area contributed by atoms with Crippen LogP contribution < -0.4 is 5.43 Å². The van der Waals surface area contributed by atoms with Crippen molar-refractivity contribution in [2.75, 3.05) is 26.4 Å². The number of ketones is 1. The Morgan fingerprint density at radius 3 is 1.87 bits per heavy atom. The molecule has 2 rings (SSSR count). The third-order valence-electron chi connectivity index (χ3n) is 4.33. The Bertz CT molecular complexity index is 891. The molecule has 1 aromatic carbocycles. The number of carbonyl (C=O) groups excluding carboxylic acids is 1. The molecule has 1 N–H and O–H groups in total. The van der Waals surface area contributed by atoms with Gasteiger partial charge < -0.3 is 18.1 Å². The second-order valence-electron chi connectivity index (χ2n) is 6.29. The van der Waals surface area contributed by atoms with E-state index in [4.69, 9.17) is 41.3 Å². The van der Waals surface area contributed by atoms with Crippen LogP contribution in [0.4, 0.5) is 0 Å². The predicted molar refractivity (Wildman–Crippen MR) is 120 cm³/mol. The van der Waals surface area contributed by atoms with Crippen LogP contribution in [0.3, 0.4) is 0 Å². The highest BCUT2D eigenvalue weighted by Crippen LogP contribution is 2.78. The molecule has 0 fully saturated rings. The van der Waals surface area contributed by atoms with Gasteiger partial charge in [-0.2, -0.15) is 5.10 Å². The number of nitrogens with one attached hydrogen (secondary N) is 1. The van der Waals surface area contributed by atoms with E-state index in [1.165, 1.54) is 18.2 Å². The van der Waals surface area contributed by atoms with Gasteiger partial charge >= 0.3 is 15.2 Å². The van der Waals surface area contributed by atoms with E-state index in [-0.39, 0.29) is 54.2 Å². The molecule has 1 aliphatic rings. The lowest BCUT2D eigenvalue weighted by Gasteiger charge is -2.38. The molecule has 1 aliphatic heterocycles. The number of hydrogen-bond donors (Lipinski definition) is 1. The highest BCUT2D eigenvalue weighted by Gasteiger charge is 2.68. The van der Waals surface area contributed by atoms with Crippen molar-refractivity contribution in [3.63, 3.8) is 0 Å². The van der Waals surface area contributed by atoms with Crippen molar-refractivity contribution in [2.45, 2.75) is 39.1 Å². The van der Waals surface area contributed by atoms with Gasteiger partial charge in [0.05, 0.1) is 36.5 Å². The summed E-state index contributed by atoms with van der Waals surface area (Å²) in [5.74, 6) is -0.521. The molecule has 0 amide bonds. The van der Waals surface area contributed by atoms with Crippen LogP contribution in [0.15, 0.2) is 23.3 Å². The van der Waals surface area contributed by atoms with Crippen LogP contribution in [-0.4, -0.2) is 42.9 Å². The van der Waals surface area contributed by atoms with Crippen molar-refractivity contribution in [1.29, 1.82) is 0 Å². The molecule has 31 heavy (non-hydrogen) atoms. The van der Waals surface area contributed by atoms with Gasteiger partial charge in [-0.25, -0.2) is 0 Å². The molecule has 174 valence electrons. The molecule has 0 spiro atoms. The summed E-state index contributed by atoms with van der Waals surface area (Å²) < 4.78 is 49.7. The van der Waals surface area contributed by atoms with Crippen LogP contribution >= 0.6 is 38.4 Å². The summed E-state index contributed by atoms with van der Waals surface area (Å²) in [6.07, 6.45) is -0.374. The van der Waals surface area contributed by atoms with Crippen LogP contribution in [0.2, 0.25) is 10.0 Å². The van der Waals surface area contributed by atoms with E-state index in [0.717, 1.165) is 0 Å². The van der Waals surface area contributed by atoms with Crippen molar-refractivity contribution in [3.05, 3.63) is 33.8 Å². The topological polar surface area (TPSA) is 113 Å². The van der Waals surface area contributed by atoms with Crippen LogP contribution in [-0.2, 0) is 27.2 Å². The number of hydrazone groups is 1. The Labute approximate surface area is 191 Å². The van der Waals surface area contributed by atoms with Gasteiger partial charge in [0.2, 0.25) is 5.78 Å². The minimum Gasteiger partial charge on any atom is -0.307 e. The fourth-order valence-corrected chi connectivity index (χ4v) is 8.64. The highest BCUT2D eigenvalue weighted by atomic mass is 35.5. The lowest BCUT2D eigenvalue weighted by molar-refractivity contribution is 0.106. The first-order chi connectivity index (χ1) is 14.6. The first-order valence-electron chi connectivity index (χ1n) is 9.75. The summed E-state index contributed by atoms with van der Waals surface area (Å²) in [6.45, 7) is 6.44. The quantitative estimate of drug-likeness (QED) is 0.278. The van der Waals surface area contributed by atoms with E-state index < -0.39 is 26.0 Å². The van der Waals surface area contributed by atoms with Crippen LogP contribution in [0.5, 0.6) is 0 Å². The van der Waals surface area contributed by atoms with E-state index in [0.29, 0.717) is 0 Å². The number of nitrogens with zero attached hydrogens (tertiary/aromatic N) is 1. The summed E-state index contributed by atoms with van der Waals surface area (Å²) in [7, 11) is -8.41. The SMILES string of the molecule is CCOP(=O)(OCC)C1(P(=O)(OCC)OCC)CC(C(=O)c2ccc(Cl)c(Cl)c2)=NN1. The Balaban J connectivity index is 2.56. The molecule has 13 heteroatoms. The Morgan fingerprint density at radius 1 is 0.968 bits per heavy atom. The number of Topliss-reactive ketones (excluding diaryl/α,β-unsaturated/α-hetero) is 1. The molecule has 0 unspecified atom stereocenters. The average Bonchev–Trinajstić information content (AvgIpc) is 3.18. The fourth-order valence-electron chi connectivity index (χ4n) is 3.05. The lowest BCUT2D eigenvalue weighted by atomic mass is 10.1. The minimum atomic E-state index is -4.20. The van der Waals surface area contributed by atoms with Gasteiger partial charge in [-0.1, -0.05) is 23.2 Å². The summed E-state index contributed by atoms with van der Waals surface area (Å²) in [5.41, 5.74) is 2.75. The number of carbonyl (C=O) groups is 1. The third-order valence-corrected chi connectivity index (χ3v) is 11.3. The fraction of sp³-hybridized carbons (Fsp3) is 0.556. The zero-order valence-electron chi connectivity index (χ0n) is 17.7. The smallest absolute Gasteiger partial charge is 0.307 e. The molecule has 0 aromatic heterocycles. The Morgan fingerprint density at radius 2 is 1.45 bits per heavy atom. The average molecular weight is 515 g/mol. The molecule has 9 nitrogen and oxygen atoms in total. The maximum absolute atomic E-state index is 13.9. The van der Waals surface area contributed by atoms with Crippen molar-refractivity contribution >= 4 is 49.9 Å². The number of hydrogen-bond acceptors (Lipinski definition) is 9. The summed E-state index contributed by atoms with van der Waals surface area (Å²) in [5, 5.41) is 2.50. The predicted octanol–water partition coefficient (Wildman–Crippen LogP) is 5.71. The zero-order valence-corrected chi connectivity index (χ0v) is 21.0. The number of rotatable bonds is 12. The third kappa shape index (κ3) is 5.10. The molecule has 0 saturated carbocycles. The van der Waals surface area contributed by atoms with Crippen molar-refractivity contribution in [3.8, 4) is 0 Å². The van der Waals surface area contributed by atoms with Crippen molar-refractivity contribution in [2.24, 2.45) is 5.10 Å². The van der Waals surface area contributed by atoms with E-state index in [1.54, 1.807) is 27.7 Å². The Kier molecular flexibility index (Phi) is 9.32. The number of benzene rings is 1. The second-order valence-corrected chi connectivity index (χ2v) is 12.0. The standard InChI is InChI=1S/C18H26Cl2N2O7P2/c1-5-26-30(24,27-6-2)18(31(25,28-7-3)29-8-4)12-16(21-22-18)17(23)13-9-10-14(19)15(20)11-13/h9-11,22H,5-8,12H2,1-4H3. The highest BCUT2D eigenvalue weighted by molar-refractivity contribution is 7.74. The van der Waals surface area contributed by atoms with E-state index in [9.17, 15) is 13.9 Å². The van der Waals surface area contributed by atoms with Crippen molar-refractivity contribution in [1.82, 2.24) is 5.43 Å². The van der Waals surface area contributed by atoms with E-state index in [1.807, 2.05) is 0 Å². The summed E-state index contributed by atoms with van der Waals surface area (Å²) >= 11 is 11.9. The molecular weight excluding hydrogens is 489 g/mol. The first-order valence-corrected chi connectivity index (χ1v) is 13.6. The lowest BCUT2D eigenvalue weighted by Crippen LogP contribution is -2.42. The van der Waals surface area contributed by atoms with E-state index >= 15 is 0 Å². The molecule has 0 saturated heterocycles. The minimum absolute atomic E-state index is 0.00493. The zero-order chi connectivity index (χ0) is 23.3. The molecule has 0 radical (unpaired) electrons. The van der Waals surface area contributed by atoms with Gasteiger partial charge in [-0.3, -0.25) is 19.4 Å². The van der Waals surface area contributed by atoms with Crippen LogP contribution in [0.25, 0.3) is 0 Å². The van der Waals surface area contributed by atoms with Crippen LogP contribution in [0, 0.1) is 0 Å². The van der Waals surface area contributed by atoms with Gasteiger partial charge in [0.15, 0.2) is 0 Å². The number of halogens is 2. The monoisotopic (exact) mass is 514 g/mol. The molecule has 0 bridgehead atoms. The summed E-state index contributed by atoms with van der Waals surface area (Å²) in [6, 6.07) is 4.35. The molecule has 1 heterocycles. The van der Waals surface area contributed by atoms with Gasteiger partial charge in [0.1, 0.15) is 5.71 Å². The first kappa shape index (κ1) is 26.5. The van der Waals surface area contributed by atoms with Gasteiger partial charge in [0.25, 0.3) is 5.02 Å². The van der Waals surface area contributed by atoms with Crippen LogP contribution in [0.1, 0.15) is 44.5 Å². The maximum atomic E-state index is 13.9. The summed E-state index contributed by atoms with van der Waals surface area (Å²) in [4.78, 5) is 13.1.